The zero-order valence-electron chi connectivity index (χ0n) is 66.9. The number of rotatable bonds is 82. The number of phosphoric ester groups is 2. The van der Waals surface area contributed by atoms with Gasteiger partial charge in [-0.15, -0.1) is 0 Å². The third-order valence-electron chi connectivity index (χ3n) is 20.2. The fourth-order valence-electron chi connectivity index (χ4n) is 12.8. The molecule has 0 aliphatic heterocycles. The minimum absolute atomic E-state index is 0.104. The molecule has 0 amide bonds. The summed E-state index contributed by atoms with van der Waals surface area (Å²) in [5, 5.41) is 10.6. The Labute approximate surface area is 626 Å². The van der Waals surface area contributed by atoms with Crippen molar-refractivity contribution in [2.45, 2.75) is 458 Å². The van der Waals surface area contributed by atoms with E-state index in [1.54, 1.807) is 0 Å². The van der Waals surface area contributed by atoms with E-state index < -0.39 is 97.5 Å². The van der Waals surface area contributed by atoms with Gasteiger partial charge in [-0.25, -0.2) is 9.13 Å². The van der Waals surface area contributed by atoms with Crippen LogP contribution in [0.2, 0.25) is 0 Å². The van der Waals surface area contributed by atoms with Crippen LogP contribution in [-0.4, -0.2) is 96.7 Å². The number of aliphatic hydroxyl groups is 1. The van der Waals surface area contributed by atoms with Gasteiger partial charge >= 0.3 is 39.5 Å². The topological polar surface area (TPSA) is 237 Å². The van der Waals surface area contributed by atoms with Crippen molar-refractivity contribution < 1.29 is 80.2 Å². The van der Waals surface area contributed by atoms with E-state index in [4.69, 9.17) is 37.0 Å². The lowest BCUT2D eigenvalue weighted by atomic mass is 9.99. The number of hydrogen-bond acceptors (Lipinski definition) is 15. The molecule has 0 aliphatic carbocycles. The summed E-state index contributed by atoms with van der Waals surface area (Å²) in [5.41, 5.74) is 0. The van der Waals surface area contributed by atoms with Crippen molar-refractivity contribution in [2.24, 2.45) is 11.8 Å². The average Bonchev–Trinajstić information content (AvgIpc) is 0.912. The largest absolute Gasteiger partial charge is 0.472 e. The van der Waals surface area contributed by atoms with Crippen LogP contribution in [0.3, 0.4) is 0 Å². The fraction of sp³-hybridized carbons (Fsp3) is 0.952. The average molecular weight is 1490 g/mol. The molecule has 17 nitrogen and oxygen atoms in total. The first-order chi connectivity index (χ1) is 49.4. The van der Waals surface area contributed by atoms with Crippen molar-refractivity contribution in [3.8, 4) is 0 Å². The predicted molar refractivity (Wildman–Crippen MR) is 418 cm³/mol. The highest BCUT2D eigenvalue weighted by Crippen LogP contribution is 2.45. The van der Waals surface area contributed by atoms with Crippen LogP contribution < -0.4 is 0 Å². The zero-order chi connectivity index (χ0) is 74.9. The maximum atomic E-state index is 13.1. The molecule has 102 heavy (non-hydrogen) atoms. The van der Waals surface area contributed by atoms with E-state index in [0.717, 1.165) is 108 Å². The number of carbonyl (C=O) groups is 4. The Morgan fingerprint density at radius 3 is 0.696 bits per heavy atom. The number of ether oxygens (including phenoxy) is 4. The van der Waals surface area contributed by atoms with E-state index in [1.807, 2.05) is 0 Å². The van der Waals surface area contributed by atoms with Crippen LogP contribution in [-0.2, 0) is 65.4 Å². The predicted octanol–water partition coefficient (Wildman–Crippen LogP) is 25.1. The van der Waals surface area contributed by atoms with Crippen molar-refractivity contribution in [1.82, 2.24) is 0 Å². The Morgan fingerprint density at radius 2 is 0.471 bits per heavy atom. The van der Waals surface area contributed by atoms with Gasteiger partial charge in [0.1, 0.15) is 19.3 Å². The highest BCUT2D eigenvalue weighted by molar-refractivity contribution is 7.47. The van der Waals surface area contributed by atoms with Crippen molar-refractivity contribution in [1.29, 1.82) is 0 Å². The van der Waals surface area contributed by atoms with Crippen LogP contribution in [0.25, 0.3) is 0 Å². The van der Waals surface area contributed by atoms with Gasteiger partial charge in [0, 0.05) is 25.7 Å². The zero-order valence-corrected chi connectivity index (χ0v) is 68.7. The highest BCUT2D eigenvalue weighted by Gasteiger charge is 2.30. The molecule has 0 heterocycles. The molecule has 0 saturated carbocycles. The van der Waals surface area contributed by atoms with E-state index in [-0.39, 0.29) is 25.7 Å². The first-order valence-electron chi connectivity index (χ1n) is 43.1. The lowest BCUT2D eigenvalue weighted by Gasteiger charge is -2.21. The van der Waals surface area contributed by atoms with Gasteiger partial charge in [-0.2, -0.15) is 0 Å². The number of unbranched alkanes of at least 4 members (excludes halogenated alkanes) is 50. The summed E-state index contributed by atoms with van der Waals surface area (Å²) in [6.45, 7) is 9.59. The van der Waals surface area contributed by atoms with Gasteiger partial charge in [0.25, 0.3) is 0 Å². The molecule has 0 rings (SSSR count). The molecule has 0 aliphatic rings. The van der Waals surface area contributed by atoms with Crippen molar-refractivity contribution in [2.75, 3.05) is 39.6 Å². The molecule has 0 aromatic carbocycles. The number of esters is 4. The minimum atomic E-state index is -4.96. The second-order valence-electron chi connectivity index (χ2n) is 30.4. The third-order valence-corrected chi connectivity index (χ3v) is 22.1. The van der Waals surface area contributed by atoms with Gasteiger partial charge in [-0.05, 0) is 37.5 Å². The first kappa shape index (κ1) is 100. The molecule has 4 unspecified atom stereocenters. The highest BCUT2D eigenvalue weighted by atomic mass is 31.2. The third kappa shape index (κ3) is 73.6. The van der Waals surface area contributed by atoms with Gasteiger partial charge in [0.05, 0.1) is 26.4 Å². The molecule has 0 radical (unpaired) electrons. The van der Waals surface area contributed by atoms with Crippen LogP contribution in [0.1, 0.15) is 440 Å². The number of aliphatic hydroxyl groups excluding tert-OH is 1. The summed E-state index contributed by atoms with van der Waals surface area (Å²) in [4.78, 5) is 73.1. The Morgan fingerprint density at radius 1 is 0.275 bits per heavy atom. The van der Waals surface area contributed by atoms with Crippen LogP contribution in [0, 0.1) is 11.8 Å². The van der Waals surface area contributed by atoms with Gasteiger partial charge in [0.15, 0.2) is 12.2 Å². The van der Waals surface area contributed by atoms with Crippen molar-refractivity contribution in [3.05, 3.63) is 0 Å². The lowest BCUT2D eigenvalue weighted by Crippen LogP contribution is -2.30. The van der Waals surface area contributed by atoms with E-state index >= 15 is 0 Å². The number of hydrogen-bond donors (Lipinski definition) is 3. The van der Waals surface area contributed by atoms with Gasteiger partial charge in [-0.3, -0.25) is 37.3 Å². The molecular weight excluding hydrogens is 1330 g/mol. The second kappa shape index (κ2) is 74.5. The normalized spacial score (nSPS) is 14.4. The Hall–Kier alpha value is -1.94. The van der Waals surface area contributed by atoms with E-state index in [9.17, 15) is 43.2 Å². The quantitative estimate of drug-likeness (QED) is 0.0222. The molecule has 3 N–H and O–H groups in total. The van der Waals surface area contributed by atoms with E-state index in [1.165, 1.54) is 250 Å². The number of phosphoric acid groups is 2. The number of carbonyl (C=O) groups excluding carboxylic acids is 4. The Bertz CT molecular complexity index is 1960. The molecule has 606 valence electrons. The Balaban J connectivity index is 5.21. The summed E-state index contributed by atoms with van der Waals surface area (Å²) >= 11 is 0. The monoisotopic (exact) mass is 1490 g/mol. The minimum Gasteiger partial charge on any atom is -0.462 e. The van der Waals surface area contributed by atoms with Gasteiger partial charge in [0.2, 0.25) is 0 Å². The smallest absolute Gasteiger partial charge is 0.462 e. The molecule has 0 saturated heterocycles. The summed E-state index contributed by atoms with van der Waals surface area (Å²) < 4.78 is 68.7. The molecule has 0 aromatic rings. The van der Waals surface area contributed by atoms with Crippen molar-refractivity contribution >= 4 is 39.5 Å². The van der Waals surface area contributed by atoms with Crippen LogP contribution >= 0.6 is 15.6 Å². The SMILES string of the molecule is CCCCCCCCCCCCCCCCCCCCCCCCC(=O)O[C@H](COC(=O)CCCCCCCCCCCCCCCCCCCC)COP(=O)(O)OC[C@@H](O)COP(=O)(O)OC[C@@H](COC(=O)CCCCCCCCC(C)CC)OC(=O)CCCCCCCCCCC(C)CC. The van der Waals surface area contributed by atoms with Gasteiger partial charge in [-0.1, -0.05) is 388 Å². The van der Waals surface area contributed by atoms with Crippen LogP contribution in [0.4, 0.5) is 0 Å². The fourth-order valence-corrected chi connectivity index (χ4v) is 14.4. The van der Waals surface area contributed by atoms with Gasteiger partial charge < -0.3 is 33.8 Å². The first-order valence-corrected chi connectivity index (χ1v) is 46.1. The molecule has 7 atom stereocenters. The summed E-state index contributed by atoms with van der Waals surface area (Å²) in [5.74, 6) is -0.611. The van der Waals surface area contributed by atoms with Crippen LogP contribution in [0.5, 0.6) is 0 Å². The summed E-state index contributed by atoms with van der Waals surface area (Å²) in [7, 11) is -9.92. The van der Waals surface area contributed by atoms with Crippen molar-refractivity contribution in [3.63, 3.8) is 0 Å². The van der Waals surface area contributed by atoms with E-state index in [0.29, 0.717) is 25.7 Å². The molecule has 0 spiro atoms. The molecule has 0 fully saturated rings. The second-order valence-corrected chi connectivity index (χ2v) is 33.3. The Kier molecular flexibility index (Phi) is 73.1. The maximum Gasteiger partial charge on any atom is 0.472 e. The molecule has 19 heteroatoms. The molecule has 0 bridgehead atoms. The standard InChI is InChI=1S/C83H162O17P2/c1-7-11-13-15-17-19-21-23-25-27-29-30-31-32-34-36-38-40-42-47-55-61-67-82(87)99-78(71-93-80(85)65-59-53-46-41-39-37-35-33-28-26-24-22-20-18-16-14-12-8-2)73-97-101(89,90)95-69-77(84)70-96-102(91,92)98-74-79(72-94-81(86)66-60-54-50-49-52-58-64-76(6)10-4)100-83(88)68-62-56-48-44-43-45-51-57-63-75(5)9-3/h75-79,84H,7-74H2,1-6H3,(H,89,90)(H,91,92)/t75?,76?,77-,78-,79-/m1/s1. The summed E-state index contributed by atoms with van der Waals surface area (Å²) in [6, 6.07) is 0. The lowest BCUT2D eigenvalue weighted by molar-refractivity contribution is -0.161. The molecular formula is C83H162O17P2. The summed E-state index contributed by atoms with van der Waals surface area (Å²) in [6.07, 6.45) is 65.4. The van der Waals surface area contributed by atoms with Crippen LogP contribution in [0.15, 0.2) is 0 Å². The molecule has 0 aromatic heterocycles. The van der Waals surface area contributed by atoms with E-state index in [2.05, 4.69) is 41.5 Å². The maximum absolute atomic E-state index is 13.1.